The van der Waals surface area contributed by atoms with Crippen LogP contribution in [0.3, 0.4) is 0 Å². The lowest BCUT2D eigenvalue weighted by Gasteiger charge is -2.09. The van der Waals surface area contributed by atoms with Crippen LogP contribution in [-0.2, 0) is 0 Å². The Hall–Kier alpha value is -2.46. The van der Waals surface area contributed by atoms with Crippen LogP contribution in [0.15, 0.2) is 54.6 Å². The molecular weight excluding hydrogens is 295 g/mol. The Labute approximate surface area is 135 Å². The van der Waals surface area contributed by atoms with Gasteiger partial charge in [0.25, 0.3) is 0 Å². The maximum Gasteiger partial charge on any atom is 0.163 e. The van der Waals surface area contributed by atoms with E-state index in [0.29, 0.717) is 5.56 Å². The number of hydrogen-bond acceptors (Lipinski definition) is 3. The second-order valence-corrected chi connectivity index (χ2v) is 5.21. The van der Waals surface area contributed by atoms with Crippen molar-refractivity contribution in [1.82, 2.24) is 0 Å². The minimum Gasteiger partial charge on any atom is -0.497 e. The van der Waals surface area contributed by atoms with Gasteiger partial charge in [-0.25, -0.2) is 4.39 Å². The quantitative estimate of drug-likeness (QED) is 0.792. The highest BCUT2D eigenvalue weighted by molar-refractivity contribution is 5.96. The Morgan fingerprint density at radius 3 is 2.39 bits per heavy atom. The van der Waals surface area contributed by atoms with Crippen molar-refractivity contribution in [2.24, 2.45) is 5.92 Å². The molecule has 0 spiro atoms. The van der Waals surface area contributed by atoms with Crippen molar-refractivity contribution in [3.63, 3.8) is 0 Å². The van der Waals surface area contributed by atoms with Gasteiger partial charge in [-0.3, -0.25) is 4.79 Å². The molecule has 0 aliphatic carbocycles. The highest BCUT2D eigenvalue weighted by Gasteiger charge is 2.12. The fraction of sp³-hybridized carbons (Fsp3) is 0.211. The lowest BCUT2D eigenvalue weighted by atomic mass is 9.97. The Balaban J connectivity index is 1.99. The number of ketones is 1. The maximum absolute atomic E-state index is 12.9. The molecule has 0 radical (unpaired) electrons. The molecule has 0 aliphatic heterocycles. The lowest BCUT2D eigenvalue weighted by molar-refractivity contribution is 0.0952. The number of aliphatic hydroxyl groups is 1. The Morgan fingerprint density at radius 2 is 1.83 bits per heavy atom. The van der Waals surface area contributed by atoms with E-state index < -0.39 is 0 Å². The number of rotatable bonds is 7. The van der Waals surface area contributed by atoms with E-state index in [1.54, 1.807) is 7.11 Å². The van der Waals surface area contributed by atoms with Crippen LogP contribution in [-0.4, -0.2) is 24.6 Å². The van der Waals surface area contributed by atoms with Crippen LogP contribution in [0.1, 0.15) is 22.3 Å². The van der Waals surface area contributed by atoms with Crippen molar-refractivity contribution >= 4 is 11.9 Å². The Morgan fingerprint density at radius 1 is 1.17 bits per heavy atom. The zero-order valence-corrected chi connectivity index (χ0v) is 12.9. The largest absolute Gasteiger partial charge is 0.497 e. The van der Waals surface area contributed by atoms with E-state index in [0.717, 1.165) is 11.3 Å². The van der Waals surface area contributed by atoms with Crippen LogP contribution >= 0.6 is 0 Å². The molecule has 2 rings (SSSR count). The Bertz CT molecular complexity index is 660. The number of carbonyl (C=O) groups excluding carboxylic acids is 1. The fourth-order valence-corrected chi connectivity index (χ4v) is 2.15. The van der Waals surface area contributed by atoms with E-state index in [2.05, 4.69) is 0 Å². The molecule has 23 heavy (non-hydrogen) atoms. The Kier molecular flexibility index (Phi) is 6.06. The predicted octanol–water partition coefficient (Wildman–Crippen LogP) is 3.73. The summed E-state index contributed by atoms with van der Waals surface area (Å²) in [6.45, 7) is -0.125. The van der Waals surface area contributed by atoms with E-state index in [-0.39, 0.29) is 30.5 Å². The normalized spacial score (nSPS) is 12.3. The van der Waals surface area contributed by atoms with E-state index in [1.807, 2.05) is 36.4 Å². The van der Waals surface area contributed by atoms with Crippen molar-refractivity contribution in [1.29, 1.82) is 0 Å². The van der Waals surface area contributed by atoms with Crippen molar-refractivity contribution in [3.05, 3.63) is 71.6 Å². The van der Waals surface area contributed by atoms with Gasteiger partial charge in [-0.2, -0.15) is 0 Å². The minimum absolute atomic E-state index is 0.122. The predicted molar refractivity (Wildman–Crippen MR) is 88.0 cm³/mol. The number of benzene rings is 2. The van der Waals surface area contributed by atoms with Crippen LogP contribution in [0.2, 0.25) is 0 Å². The summed E-state index contributed by atoms with van der Waals surface area (Å²) in [4.78, 5) is 12.1. The van der Waals surface area contributed by atoms with E-state index in [4.69, 9.17) is 4.74 Å². The molecule has 2 aromatic carbocycles. The van der Waals surface area contributed by atoms with Crippen molar-refractivity contribution < 1.29 is 19.0 Å². The monoisotopic (exact) mass is 314 g/mol. The number of hydrogen-bond donors (Lipinski definition) is 1. The lowest BCUT2D eigenvalue weighted by Crippen LogP contribution is -2.10. The molecule has 0 unspecified atom stereocenters. The molecule has 0 saturated heterocycles. The third kappa shape index (κ3) is 5.04. The van der Waals surface area contributed by atoms with Crippen LogP contribution < -0.4 is 4.74 Å². The first-order valence-corrected chi connectivity index (χ1v) is 7.34. The zero-order valence-electron chi connectivity index (χ0n) is 12.9. The molecule has 0 aromatic heterocycles. The standard InChI is InChI=1S/C19H19FO3/c1-23-18-10-4-14(5-11-18)2-3-15(13-21)12-19(22)16-6-8-17(20)9-7-16/h2-11,15,21H,12-13H2,1H3/b3-2+/t15-/m1/s1. The molecular formula is C19H19FO3. The van der Waals surface area contributed by atoms with Crippen LogP contribution in [0.5, 0.6) is 5.75 Å². The number of Topliss-reactive ketones (excluding diaryl/α,β-unsaturated/α-hetero) is 1. The van der Waals surface area contributed by atoms with Gasteiger partial charge in [0.2, 0.25) is 0 Å². The van der Waals surface area contributed by atoms with Gasteiger partial charge in [0.15, 0.2) is 5.78 Å². The number of aliphatic hydroxyl groups excluding tert-OH is 1. The summed E-state index contributed by atoms with van der Waals surface area (Å²) in [5, 5.41) is 9.44. The first kappa shape index (κ1) is 16.9. The molecule has 120 valence electrons. The van der Waals surface area contributed by atoms with Crippen molar-refractivity contribution in [3.8, 4) is 5.75 Å². The number of ether oxygens (including phenoxy) is 1. The highest BCUT2D eigenvalue weighted by Crippen LogP contribution is 2.16. The highest BCUT2D eigenvalue weighted by atomic mass is 19.1. The number of halogens is 1. The third-order valence-electron chi connectivity index (χ3n) is 3.52. The third-order valence-corrected chi connectivity index (χ3v) is 3.52. The summed E-state index contributed by atoms with van der Waals surface area (Å²) in [5.74, 6) is -0.00917. The molecule has 0 bridgehead atoms. The molecule has 0 saturated carbocycles. The van der Waals surface area contributed by atoms with Gasteiger partial charge in [-0.1, -0.05) is 24.3 Å². The summed E-state index contributed by atoms with van der Waals surface area (Å²) in [7, 11) is 1.60. The molecule has 0 aliphatic rings. The number of carbonyl (C=O) groups is 1. The summed E-state index contributed by atoms with van der Waals surface area (Å²) >= 11 is 0. The molecule has 4 heteroatoms. The van der Waals surface area contributed by atoms with E-state index in [9.17, 15) is 14.3 Å². The van der Waals surface area contributed by atoms with Crippen LogP contribution in [0, 0.1) is 11.7 Å². The van der Waals surface area contributed by atoms with Gasteiger partial charge in [0.05, 0.1) is 7.11 Å². The summed E-state index contributed by atoms with van der Waals surface area (Å²) < 4.78 is 18.0. The summed E-state index contributed by atoms with van der Waals surface area (Å²) in [6, 6.07) is 12.9. The molecule has 1 atom stereocenters. The summed E-state index contributed by atoms with van der Waals surface area (Å²) in [5.41, 5.74) is 1.40. The van der Waals surface area contributed by atoms with Gasteiger partial charge in [-0.05, 0) is 42.0 Å². The fourth-order valence-electron chi connectivity index (χ4n) is 2.15. The second-order valence-electron chi connectivity index (χ2n) is 5.21. The first-order chi connectivity index (χ1) is 11.1. The molecule has 0 amide bonds. The minimum atomic E-state index is -0.375. The zero-order chi connectivity index (χ0) is 16.7. The van der Waals surface area contributed by atoms with E-state index in [1.165, 1.54) is 24.3 Å². The van der Waals surface area contributed by atoms with Gasteiger partial charge < -0.3 is 9.84 Å². The van der Waals surface area contributed by atoms with Crippen molar-refractivity contribution in [2.75, 3.05) is 13.7 Å². The molecule has 1 N–H and O–H groups in total. The average molecular weight is 314 g/mol. The molecule has 0 fully saturated rings. The van der Waals surface area contributed by atoms with Crippen LogP contribution in [0.25, 0.3) is 6.08 Å². The van der Waals surface area contributed by atoms with Crippen LogP contribution in [0.4, 0.5) is 4.39 Å². The van der Waals surface area contributed by atoms with Gasteiger partial charge >= 0.3 is 0 Å². The number of methoxy groups -OCH3 is 1. The smallest absolute Gasteiger partial charge is 0.163 e. The first-order valence-electron chi connectivity index (χ1n) is 7.34. The second kappa shape index (κ2) is 8.25. The molecule has 0 heterocycles. The van der Waals surface area contributed by atoms with E-state index >= 15 is 0 Å². The van der Waals surface area contributed by atoms with Gasteiger partial charge in [0.1, 0.15) is 11.6 Å². The SMILES string of the molecule is COc1ccc(/C=C/[C@@H](CO)CC(=O)c2ccc(F)cc2)cc1. The molecule has 2 aromatic rings. The topological polar surface area (TPSA) is 46.5 Å². The molecule has 3 nitrogen and oxygen atoms in total. The van der Waals surface area contributed by atoms with Gasteiger partial charge in [-0.15, -0.1) is 0 Å². The van der Waals surface area contributed by atoms with Crippen molar-refractivity contribution in [2.45, 2.75) is 6.42 Å². The van der Waals surface area contributed by atoms with Gasteiger partial charge in [0, 0.05) is 24.5 Å². The summed E-state index contributed by atoms with van der Waals surface area (Å²) in [6.07, 6.45) is 3.84. The maximum atomic E-state index is 12.9. The average Bonchev–Trinajstić information content (AvgIpc) is 2.59.